The summed E-state index contributed by atoms with van der Waals surface area (Å²) in [5.74, 6) is 1.19. The van der Waals surface area contributed by atoms with E-state index >= 15 is 0 Å². The quantitative estimate of drug-likeness (QED) is 0.245. The highest BCUT2D eigenvalue weighted by atomic mass is 16.5. The largest absolute Gasteiger partial charge is 0.488 e. The molecule has 3 aromatic carbocycles. The molecular weight excluding hydrogens is 484 g/mol. The molecule has 0 unspecified atom stereocenters. The molecule has 1 aromatic heterocycles. The van der Waals surface area contributed by atoms with E-state index < -0.39 is 0 Å². The number of urea groups is 1. The van der Waals surface area contributed by atoms with E-state index in [2.05, 4.69) is 73.7 Å². The number of aryl methyl sites for hydroxylation is 1. The first-order valence-corrected chi connectivity index (χ1v) is 13.1. The second kappa shape index (κ2) is 10.7. The fourth-order valence-electron chi connectivity index (χ4n) is 4.72. The number of ether oxygens (including phenoxy) is 1. The number of nitrogens with one attached hydrogen (secondary N) is 2. The molecule has 0 saturated heterocycles. The number of nitrogens with zero attached hydrogens (tertiary/aromatic N) is 1. The molecule has 4 aromatic rings. The Morgan fingerprint density at radius 3 is 2.44 bits per heavy atom. The van der Waals surface area contributed by atoms with Gasteiger partial charge in [-0.05, 0) is 47.7 Å². The number of amides is 2. The van der Waals surface area contributed by atoms with E-state index in [-0.39, 0.29) is 11.4 Å². The van der Waals surface area contributed by atoms with Gasteiger partial charge in [-0.2, -0.15) is 0 Å². The van der Waals surface area contributed by atoms with Crippen molar-refractivity contribution in [3.8, 4) is 5.75 Å². The van der Waals surface area contributed by atoms with Gasteiger partial charge in [-0.25, -0.2) is 9.78 Å². The molecule has 2 amide bonds. The van der Waals surface area contributed by atoms with Gasteiger partial charge in [0.05, 0.1) is 5.69 Å². The summed E-state index contributed by atoms with van der Waals surface area (Å²) in [5.41, 5.74) is 13.0. The monoisotopic (exact) mass is 518 g/mol. The van der Waals surface area contributed by atoms with E-state index in [1.807, 2.05) is 42.5 Å². The SMILES string of the molecule is Cc1ccc(C2=C(NC(=O)Nc3ccc(OCc4ccnc(N)c4)c4ccccc34)CC(C(C)(C)C)=C2)cc1. The molecule has 1 aliphatic carbocycles. The summed E-state index contributed by atoms with van der Waals surface area (Å²) in [6.45, 7) is 9.05. The molecule has 1 heterocycles. The van der Waals surface area contributed by atoms with E-state index in [4.69, 9.17) is 10.5 Å². The zero-order valence-corrected chi connectivity index (χ0v) is 22.8. The smallest absolute Gasteiger partial charge is 0.323 e. The number of nitrogens with two attached hydrogens (primary N) is 1. The van der Waals surface area contributed by atoms with Crippen LogP contribution in [0.5, 0.6) is 5.75 Å². The molecule has 1 aliphatic rings. The van der Waals surface area contributed by atoms with Crippen molar-refractivity contribution in [1.29, 1.82) is 0 Å². The van der Waals surface area contributed by atoms with Crippen LogP contribution in [0.25, 0.3) is 16.3 Å². The van der Waals surface area contributed by atoms with Crippen molar-refractivity contribution in [3.05, 3.63) is 113 Å². The van der Waals surface area contributed by atoms with Crippen LogP contribution in [0.3, 0.4) is 0 Å². The van der Waals surface area contributed by atoms with Crippen LogP contribution in [0, 0.1) is 12.3 Å². The Morgan fingerprint density at radius 2 is 1.72 bits per heavy atom. The summed E-state index contributed by atoms with van der Waals surface area (Å²) in [6, 6.07) is 23.5. The molecule has 6 heteroatoms. The van der Waals surface area contributed by atoms with Crippen molar-refractivity contribution >= 4 is 33.9 Å². The second-order valence-electron chi connectivity index (χ2n) is 11.0. The maximum absolute atomic E-state index is 13.3. The number of nitrogen functional groups attached to an aromatic ring is 1. The van der Waals surface area contributed by atoms with E-state index in [1.54, 1.807) is 12.3 Å². The predicted molar refractivity (Wildman–Crippen MR) is 159 cm³/mol. The first-order chi connectivity index (χ1) is 18.7. The highest BCUT2D eigenvalue weighted by Gasteiger charge is 2.26. The number of anilines is 2. The van der Waals surface area contributed by atoms with Gasteiger partial charge in [0.25, 0.3) is 0 Å². The molecule has 39 heavy (non-hydrogen) atoms. The molecule has 4 N–H and O–H groups in total. The van der Waals surface area contributed by atoms with Crippen molar-refractivity contribution in [2.45, 2.75) is 40.7 Å². The first-order valence-electron chi connectivity index (χ1n) is 13.1. The van der Waals surface area contributed by atoms with Crippen LogP contribution < -0.4 is 21.1 Å². The lowest BCUT2D eigenvalue weighted by Crippen LogP contribution is -2.28. The normalized spacial score (nSPS) is 13.4. The zero-order chi connectivity index (χ0) is 27.6. The van der Waals surface area contributed by atoms with E-state index in [9.17, 15) is 4.79 Å². The highest BCUT2D eigenvalue weighted by Crippen LogP contribution is 2.40. The number of fused-ring (bicyclic) bond motifs is 1. The predicted octanol–water partition coefficient (Wildman–Crippen LogP) is 7.61. The van der Waals surface area contributed by atoms with Crippen molar-refractivity contribution in [1.82, 2.24) is 10.3 Å². The van der Waals surface area contributed by atoms with Gasteiger partial charge in [-0.3, -0.25) is 0 Å². The van der Waals surface area contributed by atoms with Crippen molar-refractivity contribution < 1.29 is 9.53 Å². The number of carbonyl (C=O) groups is 1. The Morgan fingerprint density at radius 1 is 0.974 bits per heavy atom. The summed E-state index contributed by atoms with van der Waals surface area (Å²) >= 11 is 0. The van der Waals surface area contributed by atoms with E-state index in [0.29, 0.717) is 24.5 Å². The Bertz CT molecular complexity index is 1590. The Balaban J connectivity index is 1.37. The summed E-state index contributed by atoms with van der Waals surface area (Å²) in [7, 11) is 0. The average Bonchev–Trinajstić information content (AvgIpc) is 3.33. The van der Waals surface area contributed by atoms with Crippen LogP contribution in [-0.2, 0) is 6.61 Å². The van der Waals surface area contributed by atoms with E-state index in [0.717, 1.165) is 38.9 Å². The highest BCUT2D eigenvalue weighted by molar-refractivity contribution is 6.04. The lowest BCUT2D eigenvalue weighted by molar-refractivity contribution is 0.254. The number of hydrogen-bond acceptors (Lipinski definition) is 4. The van der Waals surface area contributed by atoms with Crippen molar-refractivity contribution in [2.75, 3.05) is 11.1 Å². The van der Waals surface area contributed by atoms with Gasteiger partial charge in [0.15, 0.2) is 0 Å². The van der Waals surface area contributed by atoms with Crippen molar-refractivity contribution in [3.63, 3.8) is 0 Å². The third-order valence-electron chi connectivity index (χ3n) is 6.97. The lowest BCUT2D eigenvalue weighted by Gasteiger charge is -2.21. The first kappa shape index (κ1) is 26.0. The minimum Gasteiger partial charge on any atom is -0.488 e. The summed E-state index contributed by atoms with van der Waals surface area (Å²) < 4.78 is 6.12. The number of carbonyl (C=O) groups excluding carboxylic acids is 1. The van der Waals surface area contributed by atoms with Gasteiger partial charge in [-0.15, -0.1) is 0 Å². The number of allylic oxidation sites excluding steroid dienone is 3. The van der Waals surface area contributed by atoms with Crippen LogP contribution in [0.2, 0.25) is 0 Å². The van der Waals surface area contributed by atoms with Gasteiger partial charge in [0.2, 0.25) is 0 Å². The minimum absolute atomic E-state index is 0.00384. The number of aromatic nitrogens is 1. The third-order valence-corrected chi connectivity index (χ3v) is 6.97. The maximum atomic E-state index is 13.3. The molecule has 0 bridgehead atoms. The molecule has 0 atom stereocenters. The van der Waals surface area contributed by atoms with Crippen LogP contribution >= 0.6 is 0 Å². The van der Waals surface area contributed by atoms with Crippen LogP contribution in [-0.4, -0.2) is 11.0 Å². The number of hydrogen-bond donors (Lipinski definition) is 3. The molecule has 0 radical (unpaired) electrons. The summed E-state index contributed by atoms with van der Waals surface area (Å²) in [4.78, 5) is 17.3. The molecule has 5 rings (SSSR count). The van der Waals surface area contributed by atoms with Crippen LogP contribution in [0.1, 0.15) is 43.9 Å². The van der Waals surface area contributed by atoms with E-state index in [1.165, 1.54) is 11.1 Å². The number of benzene rings is 3. The molecule has 0 aliphatic heterocycles. The van der Waals surface area contributed by atoms with Gasteiger partial charge in [0, 0.05) is 34.7 Å². The molecular formula is C33H34N4O2. The van der Waals surface area contributed by atoms with Crippen molar-refractivity contribution in [2.24, 2.45) is 5.41 Å². The van der Waals surface area contributed by atoms with Gasteiger partial charge in [0.1, 0.15) is 18.2 Å². The van der Waals surface area contributed by atoms with Crippen LogP contribution in [0.4, 0.5) is 16.3 Å². The van der Waals surface area contributed by atoms with Crippen LogP contribution in [0.15, 0.2) is 96.3 Å². The summed E-state index contributed by atoms with van der Waals surface area (Å²) in [5, 5.41) is 8.03. The summed E-state index contributed by atoms with van der Waals surface area (Å²) in [6.07, 6.45) is 4.59. The lowest BCUT2D eigenvalue weighted by atomic mass is 9.85. The minimum atomic E-state index is -0.274. The molecule has 0 spiro atoms. The molecule has 0 fully saturated rings. The second-order valence-corrected chi connectivity index (χ2v) is 11.0. The average molecular weight is 519 g/mol. The molecule has 198 valence electrons. The number of pyridine rings is 1. The standard InChI is InChI=1S/C33H34N4O2/c1-21-9-11-23(12-10-21)27-18-24(33(2,3)4)19-29(27)37-32(38)36-28-13-14-30(26-8-6-5-7-25(26)28)39-20-22-15-16-35-31(34)17-22/h5-18H,19-20H2,1-4H3,(H2,34,35)(H2,36,37,38). The maximum Gasteiger partial charge on any atom is 0.323 e. The van der Waals surface area contributed by atoms with Gasteiger partial charge >= 0.3 is 6.03 Å². The topological polar surface area (TPSA) is 89.3 Å². The van der Waals surface area contributed by atoms with Gasteiger partial charge in [-0.1, -0.05) is 86.5 Å². The fraction of sp³-hybridized carbons (Fsp3) is 0.212. The van der Waals surface area contributed by atoms with Gasteiger partial charge < -0.3 is 21.1 Å². The third kappa shape index (κ3) is 5.96. The zero-order valence-electron chi connectivity index (χ0n) is 22.8. The number of rotatable bonds is 6. The Labute approximate surface area is 229 Å². The Hall–Kier alpha value is -4.58. The Kier molecular flexibility index (Phi) is 7.11. The molecule has 6 nitrogen and oxygen atoms in total. The molecule has 0 saturated carbocycles. The fourth-order valence-corrected chi connectivity index (χ4v) is 4.72.